The van der Waals surface area contributed by atoms with E-state index in [1.54, 1.807) is 0 Å². The molecule has 80 valence electrons. The van der Waals surface area contributed by atoms with Gasteiger partial charge in [0.05, 0.1) is 18.6 Å². The Morgan fingerprint density at radius 2 is 1.87 bits per heavy atom. The lowest BCUT2D eigenvalue weighted by Gasteiger charge is -2.25. The number of nitrogens with zero attached hydrogens (tertiary/aromatic N) is 1. The van der Waals surface area contributed by atoms with Crippen molar-refractivity contribution in [1.82, 2.24) is 0 Å². The van der Waals surface area contributed by atoms with Gasteiger partial charge in [-0.05, 0) is 11.5 Å². The van der Waals surface area contributed by atoms with Gasteiger partial charge in [-0.25, -0.2) is 0 Å². The summed E-state index contributed by atoms with van der Waals surface area (Å²) in [5.74, 6) is 0.376. The molecule has 0 aromatic heterocycles. The summed E-state index contributed by atoms with van der Waals surface area (Å²) in [7, 11) is 0. The van der Waals surface area contributed by atoms with Crippen molar-refractivity contribution in [3.63, 3.8) is 0 Å². The summed E-state index contributed by atoms with van der Waals surface area (Å²) >= 11 is 0. The van der Waals surface area contributed by atoms with Crippen LogP contribution in [0.5, 0.6) is 0 Å². The highest BCUT2D eigenvalue weighted by molar-refractivity contribution is 5.21. The van der Waals surface area contributed by atoms with Gasteiger partial charge >= 0.3 is 0 Å². The van der Waals surface area contributed by atoms with E-state index >= 15 is 0 Å². The van der Waals surface area contributed by atoms with Crippen LogP contribution in [-0.4, -0.2) is 11.2 Å². The summed E-state index contributed by atoms with van der Waals surface area (Å²) in [5.41, 5.74) is 1.11. The Kier molecular flexibility index (Phi) is 4.33. The van der Waals surface area contributed by atoms with Crippen molar-refractivity contribution in [1.29, 1.82) is 5.26 Å². The SMILES string of the molecule is CC(C)C(c1ccccc1)C(O)CC#N. The number of nitriles is 1. The molecule has 0 bridgehead atoms. The van der Waals surface area contributed by atoms with Crippen molar-refractivity contribution in [2.75, 3.05) is 0 Å². The van der Waals surface area contributed by atoms with Crippen LogP contribution in [0.4, 0.5) is 0 Å². The molecule has 2 unspecified atom stereocenters. The highest BCUT2D eigenvalue weighted by Crippen LogP contribution is 2.29. The van der Waals surface area contributed by atoms with Crippen molar-refractivity contribution in [2.45, 2.75) is 32.3 Å². The quantitative estimate of drug-likeness (QED) is 0.817. The average Bonchev–Trinajstić information content (AvgIpc) is 2.19. The van der Waals surface area contributed by atoms with E-state index in [0.29, 0.717) is 5.92 Å². The lowest BCUT2D eigenvalue weighted by molar-refractivity contribution is 0.126. The van der Waals surface area contributed by atoms with Crippen LogP contribution in [0.15, 0.2) is 30.3 Å². The van der Waals surface area contributed by atoms with Crippen LogP contribution in [0, 0.1) is 17.2 Å². The van der Waals surface area contributed by atoms with E-state index in [1.165, 1.54) is 0 Å². The summed E-state index contributed by atoms with van der Waals surface area (Å²) in [6, 6.07) is 11.9. The zero-order valence-corrected chi connectivity index (χ0v) is 9.22. The molecule has 2 atom stereocenters. The summed E-state index contributed by atoms with van der Waals surface area (Å²) < 4.78 is 0. The lowest BCUT2D eigenvalue weighted by Crippen LogP contribution is -2.22. The van der Waals surface area contributed by atoms with Crippen LogP contribution < -0.4 is 0 Å². The Hall–Kier alpha value is -1.33. The van der Waals surface area contributed by atoms with Crippen molar-refractivity contribution in [3.8, 4) is 6.07 Å². The number of rotatable bonds is 4. The summed E-state index contributed by atoms with van der Waals surface area (Å²) in [5, 5.41) is 18.5. The van der Waals surface area contributed by atoms with E-state index in [-0.39, 0.29) is 12.3 Å². The molecule has 0 aliphatic rings. The van der Waals surface area contributed by atoms with Crippen LogP contribution in [0.25, 0.3) is 0 Å². The first-order valence-corrected chi connectivity index (χ1v) is 5.26. The van der Waals surface area contributed by atoms with Gasteiger partial charge < -0.3 is 5.11 Å². The van der Waals surface area contributed by atoms with Gasteiger partial charge in [-0.15, -0.1) is 0 Å². The molecule has 2 nitrogen and oxygen atoms in total. The molecule has 0 spiro atoms. The van der Waals surface area contributed by atoms with Crippen LogP contribution in [0.2, 0.25) is 0 Å². The third-order valence-electron chi connectivity index (χ3n) is 2.62. The first-order chi connectivity index (χ1) is 7.16. The minimum absolute atomic E-state index is 0.0471. The first-order valence-electron chi connectivity index (χ1n) is 5.26. The minimum Gasteiger partial charge on any atom is -0.391 e. The summed E-state index contributed by atoms with van der Waals surface area (Å²) in [4.78, 5) is 0. The second-order valence-electron chi connectivity index (χ2n) is 4.11. The van der Waals surface area contributed by atoms with Gasteiger partial charge in [0, 0.05) is 5.92 Å². The van der Waals surface area contributed by atoms with E-state index < -0.39 is 6.10 Å². The molecule has 1 rings (SSSR count). The van der Waals surface area contributed by atoms with Crippen molar-refractivity contribution in [2.24, 2.45) is 5.92 Å². The summed E-state index contributed by atoms with van der Waals surface area (Å²) in [6.07, 6.45) is -0.380. The molecule has 2 heteroatoms. The monoisotopic (exact) mass is 203 g/mol. The molecule has 0 fully saturated rings. The van der Waals surface area contributed by atoms with Crippen LogP contribution in [0.3, 0.4) is 0 Å². The van der Waals surface area contributed by atoms with E-state index in [1.807, 2.05) is 36.4 Å². The van der Waals surface area contributed by atoms with Gasteiger partial charge in [-0.1, -0.05) is 44.2 Å². The van der Waals surface area contributed by atoms with Crippen LogP contribution >= 0.6 is 0 Å². The molecule has 0 saturated carbocycles. The maximum atomic E-state index is 9.91. The molecule has 0 aliphatic heterocycles. The zero-order chi connectivity index (χ0) is 11.3. The lowest BCUT2D eigenvalue weighted by atomic mass is 9.83. The Bertz CT molecular complexity index is 326. The summed E-state index contributed by atoms with van der Waals surface area (Å²) in [6.45, 7) is 4.14. The van der Waals surface area contributed by atoms with Gasteiger partial charge in [0.25, 0.3) is 0 Å². The van der Waals surface area contributed by atoms with Crippen molar-refractivity contribution >= 4 is 0 Å². The third-order valence-corrected chi connectivity index (χ3v) is 2.62. The zero-order valence-electron chi connectivity index (χ0n) is 9.22. The van der Waals surface area contributed by atoms with Crippen LogP contribution in [-0.2, 0) is 0 Å². The van der Waals surface area contributed by atoms with Gasteiger partial charge in [0.1, 0.15) is 0 Å². The highest BCUT2D eigenvalue weighted by atomic mass is 16.3. The normalized spacial score (nSPS) is 14.6. The Balaban J connectivity index is 2.89. The largest absolute Gasteiger partial charge is 0.391 e. The fraction of sp³-hybridized carbons (Fsp3) is 0.462. The molecule has 0 saturated heterocycles. The van der Waals surface area contributed by atoms with E-state index in [0.717, 1.165) is 5.56 Å². The molecule has 0 aliphatic carbocycles. The highest BCUT2D eigenvalue weighted by Gasteiger charge is 2.23. The Labute approximate surface area is 91.2 Å². The Morgan fingerprint density at radius 3 is 2.33 bits per heavy atom. The third kappa shape index (κ3) is 3.07. The van der Waals surface area contributed by atoms with Gasteiger partial charge in [0.15, 0.2) is 0 Å². The van der Waals surface area contributed by atoms with Gasteiger partial charge in [-0.2, -0.15) is 5.26 Å². The van der Waals surface area contributed by atoms with Crippen molar-refractivity contribution in [3.05, 3.63) is 35.9 Å². The molecular formula is C13H17NO. The fourth-order valence-corrected chi connectivity index (χ4v) is 1.95. The number of benzene rings is 1. The molecule has 15 heavy (non-hydrogen) atoms. The maximum absolute atomic E-state index is 9.91. The Morgan fingerprint density at radius 1 is 1.27 bits per heavy atom. The fourth-order valence-electron chi connectivity index (χ4n) is 1.95. The standard InChI is InChI=1S/C13H17NO/c1-10(2)13(12(15)8-9-14)11-6-4-3-5-7-11/h3-7,10,12-13,15H,8H2,1-2H3. The predicted molar refractivity (Wildman–Crippen MR) is 60.3 cm³/mol. The molecule has 0 heterocycles. The number of aliphatic hydroxyl groups is 1. The molecule has 0 radical (unpaired) electrons. The number of hydrogen-bond donors (Lipinski definition) is 1. The predicted octanol–water partition coefficient (Wildman–Crippen LogP) is 2.70. The molecular weight excluding hydrogens is 186 g/mol. The molecule has 1 aromatic rings. The second-order valence-corrected chi connectivity index (χ2v) is 4.11. The van der Waals surface area contributed by atoms with Gasteiger partial charge in [-0.3, -0.25) is 0 Å². The topological polar surface area (TPSA) is 44.0 Å². The minimum atomic E-state index is -0.572. The number of aliphatic hydroxyl groups excluding tert-OH is 1. The molecule has 0 amide bonds. The van der Waals surface area contributed by atoms with Gasteiger partial charge in [0.2, 0.25) is 0 Å². The number of hydrogen-bond acceptors (Lipinski definition) is 2. The molecule has 1 aromatic carbocycles. The average molecular weight is 203 g/mol. The molecule has 1 N–H and O–H groups in total. The first kappa shape index (κ1) is 11.7. The smallest absolute Gasteiger partial charge is 0.0740 e. The van der Waals surface area contributed by atoms with Crippen LogP contribution in [0.1, 0.15) is 31.7 Å². The van der Waals surface area contributed by atoms with Crippen molar-refractivity contribution < 1.29 is 5.11 Å². The second kappa shape index (κ2) is 5.53. The van der Waals surface area contributed by atoms with E-state index in [4.69, 9.17) is 5.26 Å². The van der Waals surface area contributed by atoms with E-state index in [9.17, 15) is 5.11 Å². The van der Waals surface area contributed by atoms with E-state index in [2.05, 4.69) is 13.8 Å². The maximum Gasteiger partial charge on any atom is 0.0740 e.